The Kier molecular flexibility index (Phi) is 5.57. The maximum atomic E-state index is 12.6. The minimum atomic E-state index is -0.411. The number of benzene rings is 1. The second-order valence-electron chi connectivity index (χ2n) is 6.70. The molecular formula is C21H21N5O2S2. The SMILES string of the molecule is CCSC1=NSC2=NC(=O)/C(=C\c3cc(C)n(-c4ccc(OC)cc4)c3C)C(=N)N12. The van der Waals surface area contributed by atoms with E-state index in [1.54, 1.807) is 18.1 Å². The van der Waals surface area contributed by atoms with Gasteiger partial charge in [-0.05, 0) is 61.6 Å². The second-order valence-corrected chi connectivity index (χ2v) is 8.66. The third-order valence-electron chi connectivity index (χ3n) is 4.87. The number of hydrogen-bond acceptors (Lipinski definition) is 6. The zero-order valence-corrected chi connectivity index (χ0v) is 18.7. The number of rotatable bonds is 4. The predicted octanol–water partition coefficient (Wildman–Crippen LogP) is 4.43. The van der Waals surface area contributed by atoms with E-state index in [9.17, 15) is 4.79 Å². The Morgan fingerprint density at radius 3 is 2.67 bits per heavy atom. The van der Waals surface area contributed by atoms with Crippen LogP contribution >= 0.6 is 23.7 Å². The van der Waals surface area contributed by atoms with Crippen LogP contribution in [0.2, 0.25) is 0 Å². The summed E-state index contributed by atoms with van der Waals surface area (Å²) in [5.74, 6) is 1.33. The van der Waals surface area contributed by atoms with Crippen LogP contribution in [-0.2, 0) is 4.79 Å². The molecule has 1 aromatic carbocycles. The summed E-state index contributed by atoms with van der Waals surface area (Å²) < 4.78 is 11.7. The fourth-order valence-corrected chi connectivity index (χ4v) is 5.01. The van der Waals surface area contributed by atoms with Gasteiger partial charge in [-0.2, -0.15) is 9.39 Å². The Balaban J connectivity index is 1.72. The third kappa shape index (κ3) is 3.48. The van der Waals surface area contributed by atoms with Gasteiger partial charge in [-0.15, -0.1) is 0 Å². The lowest BCUT2D eigenvalue weighted by Gasteiger charge is -2.24. The number of hydrogen-bond donors (Lipinski definition) is 1. The molecule has 30 heavy (non-hydrogen) atoms. The van der Waals surface area contributed by atoms with Crippen LogP contribution in [0.5, 0.6) is 5.75 Å². The number of amides is 1. The van der Waals surface area contributed by atoms with Crippen molar-refractivity contribution in [3.63, 3.8) is 0 Å². The first kappa shape index (κ1) is 20.5. The van der Waals surface area contributed by atoms with Crippen molar-refractivity contribution in [2.75, 3.05) is 12.9 Å². The molecule has 0 radical (unpaired) electrons. The quantitative estimate of drug-likeness (QED) is 0.563. The molecule has 1 aromatic heterocycles. The van der Waals surface area contributed by atoms with Crippen LogP contribution < -0.4 is 4.74 Å². The van der Waals surface area contributed by atoms with E-state index >= 15 is 0 Å². The Morgan fingerprint density at radius 2 is 2.00 bits per heavy atom. The number of nitrogens with one attached hydrogen (secondary N) is 1. The van der Waals surface area contributed by atoms with E-state index in [1.165, 1.54) is 11.8 Å². The molecule has 154 valence electrons. The highest BCUT2D eigenvalue weighted by molar-refractivity contribution is 8.19. The van der Waals surface area contributed by atoms with Gasteiger partial charge in [0.1, 0.15) is 11.6 Å². The average Bonchev–Trinajstić information content (AvgIpc) is 3.25. The molecule has 2 aliphatic rings. The van der Waals surface area contributed by atoms with E-state index < -0.39 is 5.91 Å². The third-order valence-corrected chi connectivity index (χ3v) is 6.51. The van der Waals surface area contributed by atoms with Gasteiger partial charge in [-0.3, -0.25) is 10.2 Å². The number of thioether (sulfide) groups is 1. The maximum Gasteiger partial charge on any atom is 0.283 e. The minimum absolute atomic E-state index is 0.115. The number of aryl methyl sites for hydroxylation is 1. The van der Waals surface area contributed by atoms with Gasteiger partial charge in [0.05, 0.1) is 24.6 Å². The summed E-state index contributed by atoms with van der Waals surface area (Å²) in [5, 5.41) is 9.76. The number of nitrogens with zero attached hydrogens (tertiary/aromatic N) is 4. The van der Waals surface area contributed by atoms with Crippen LogP contribution in [0.4, 0.5) is 0 Å². The van der Waals surface area contributed by atoms with Crippen molar-refractivity contribution in [2.24, 2.45) is 9.39 Å². The zero-order chi connectivity index (χ0) is 21.4. The first-order chi connectivity index (χ1) is 14.4. The van der Waals surface area contributed by atoms with Gasteiger partial charge in [-0.25, -0.2) is 4.90 Å². The van der Waals surface area contributed by atoms with Crippen molar-refractivity contribution in [2.45, 2.75) is 20.8 Å². The minimum Gasteiger partial charge on any atom is -0.497 e. The standard InChI is InChI=1S/C21H21N5O2S2/c1-5-29-21-24-30-20-23-19(27)17(18(22)26(20)21)11-14-10-12(2)25(13(14)3)15-6-8-16(28-4)9-7-15/h6-11,22H,5H2,1-4H3/b17-11-,22-18?. The summed E-state index contributed by atoms with van der Waals surface area (Å²) in [6, 6.07) is 9.83. The monoisotopic (exact) mass is 439 g/mol. The molecule has 0 saturated heterocycles. The normalized spacial score (nSPS) is 17.3. The zero-order valence-electron chi connectivity index (χ0n) is 17.1. The molecule has 4 rings (SSSR count). The lowest BCUT2D eigenvalue weighted by molar-refractivity contribution is -0.114. The van der Waals surface area contributed by atoms with Crippen LogP contribution in [-0.4, -0.2) is 44.4 Å². The molecule has 0 unspecified atom stereocenters. The molecule has 0 atom stereocenters. The number of aromatic nitrogens is 1. The molecular weight excluding hydrogens is 418 g/mol. The van der Waals surface area contributed by atoms with Gasteiger partial charge in [0.2, 0.25) is 5.17 Å². The van der Waals surface area contributed by atoms with Gasteiger partial charge in [-0.1, -0.05) is 18.7 Å². The molecule has 0 aliphatic carbocycles. The van der Waals surface area contributed by atoms with Crippen molar-refractivity contribution >= 4 is 51.9 Å². The second kappa shape index (κ2) is 8.16. The Bertz CT molecular complexity index is 1130. The molecule has 1 N–H and O–H groups in total. The summed E-state index contributed by atoms with van der Waals surface area (Å²) in [4.78, 5) is 18.4. The molecule has 1 amide bonds. The molecule has 2 aliphatic heterocycles. The molecule has 2 aromatic rings. The van der Waals surface area contributed by atoms with Crippen LogP contribution in [0, 0.1) is 19.3 Å². The number of carbonyl (C=O) groups excluding carboxylic acids is 1. The lowest BCUT2D eigenvalue weighted by atomic mass is 10.1. The summed E-state index contributed by atoms with van der Waals surface area (Å²) >= 11 is 2.67. The van der Waals surface area contributed by atoms with Crippen molar-refractivity contribution < 1.29 is 9.53 Å². The number of carbonyl (C=O) groups is 1. The molecule has 9 heteroatoms. The van der Waals surface area contributed by atoms with Crippen LogP contribution in [0.15, 0.2) is 45.3 Å². The Morgan fingerprint density at radius 1 is 1.27 bits per heavy atom. The van der Waals surface area contributed by atoms with Crippen LogP contribution in [0.3, 0.4) is 0 Å². The van der Waals surface area contributed by atoms with Gasteiger partial charge < -0.3 is 9.30 Å². The summed E-state index contributed by atoms with van der Waals surface area (Å²) in [6.45, 7) is 6.04. The summed E-state index contributed by atoms with van der Waals surface area (Å²) in [7, 11) is 1.64. The van der Waals surface area contributed by atoms with Crippen molar-refractivity contribution in [3.8, 4) is 11.4 Å². The first-order valence-electron chi connectivity index (χ1n) is 9.39. The van der Waals surface area contributed by atoms with Crippen molar-refractivity contribution in [3.05, 3.63) is 52.9 Å². The summed E-state index contributed by atoms with van der Waals surface area (Å²) in [6.07, 6.45) is 1.75. The highest BCUT2D eigenvalue weighted by Crippen LogP contribution is 2.32. The summed E-state index contributed by atoms with van der Waals surface area (Å²) in [5.41, 5.74) is 4.16. The van der Waals surface area contributed by atoms with Gasteiger partial charge in [0.25, 0.3) is 5.91 Å². The number of amidine groups is 3. The molecule has 0 spiro atoms. The van der Waals surface area contributed by atoms with E-state index in [4.69, 9.17) is 10.1 Å². The Labute approximate surface area is 183 Å². The maximum absolute atomic E-state index is 12.6. The highest BCUT2D eigenvalue weighted by atomic mass is 32.2. The number of fused-ring (bicyclic) bond motifs is 1. The van der Waals surface area contributed by atoms with Gasteiger partial charge >= 0.3 is 0 Å². The largest absolute Gasteiger partial charge is 0.497 e. The van der Waals surface area contributed by atoms with Crippen molar-refractivity contribution in [1.82, 2.24) is 9.47 Å². The fourth-order valence-electron chi connectivity index (χ4n) is 3.44. The number of methoxy groups -OCH3 is 1. The average molecular weight is 440 g/mol. The van der Waals surface area contributed by atoms with Gasteiger partial charge in [0.15, 0.2) is 5.17 Å². The molecule has 0 saturated carbocycles. The number of aliphatic imine (C=N–C) groups is 1. The van der Waals surface area contributed by atoms with Crippen LogP contribution in [0.25, 0.3) is 11.8 Å². The fraction of sp³-hybridized carbons (Fsp3) is 0.238. The number of ether oxygens (including phenoxy) is 1. The molecule has 0 bridgehead atoms. The van der Waals surface area contributed by atoms with E-state index in [1.807, 2.05) is 51.1 Å². The molecule has 7 nitrogen and oxygen atoms in total. The Hall–Kier alpha value is -2.78. The van der Waals surface area contributed by atoms with E-state index in [0.717, 1.165) is 46.1 Å². The van der Waals surface area contributed by atoms with E-state index in [-0.39, 0.29) is 11.4 Å². The predicted molar refractivity (Wildman–Crippen MR) is 125 cm³/mol. The lowest BCUT2D eigenvalue weighted by Crippen LogP contribution is -2.41. The van der Waals surface area contributed by atoms with Crippen molar-refractivity contribution in [1.29, 1.82) is 5.41 Å². The smallest absolute Gasteiger partial charge is 0.283 e. The van der Waals surface area contributed by atoms with E-state index in [0.29, 0.717) is 10.3 Å². The molecule has 0 fully saturated rings. The van der Waals surface area contributed by atoms with Crippen LogP contribution in [0.1, 0.15) is 23.9 Å². The first-order valence-corrected chi connectivity index (χ1v) is 11.2. The highest BCUT2D eigenvalue weighted by Gasteiger charge is 2.37. The van der Waals surface area contributed by atoms with E-state index in [2.05, 4.69) is 14.0 Å². The topological polar surface area (TPSA) is 83.0 Å². The molecule has 3 heterocycles. The van der Waals surface area contributed by atoms with Gasteiger partial charge in [0, 0.05) is 17.1 Å².